The van der Waals surface area contributed by atoms with Crippen molar-refractivity contribution in [3.8, 4) is 5.69 Å². The molecule has 0 bridgehead atoms. The number of benzene rings is 2. The molecule has 0 radical (unpaired) electrons. The highest BCUT2D eigenvalue weighted by atomic mass is 15.3. The van der Waals surface area contributed by atoms with Crippen molar-refractivity contribution in [3.63, 3.8) is 0 Å². The number of nitrogens with zero attached hydrogens (tertiary/aromatic N) is 2. The Bertz CT molecular complexity index is 1050. The van der Waals surface area contributed by atoms with Gasteiger partial charge in [0.1, 0.15) is 0 Å². The molecule has 0 amide bonds. The van der Waals surface area contributed by atoms with Crippen LogP contribution in [0.5, 0.6) is 0 Å². The van der Waals surface area contributed by atoms with Crippen LogP contribution in [0.1, 0.15) is 41.9 Å². The Labute approximate surface area is 185 Å². The van der Waals surface area contributed by atoms with Gasteiger partial charge in [0.2, 0.25) is 0 Å². The number of aromatic nitrogens is 2. The maximum absolute atomic E-state index is 6.20. The summed E-state index contributed by atoms with van der Waals surface area (Å²) in [6.45, 7) is 6.80. The summed E-state index contributed by atoms with van der Waals surface area (Å²) >= 11 is 0. The van der Waals surface area contributed by atoms with E-state index in [1.807, 2.05) is 16.8 Å². The number of hydrogen-bond donors (Lipinski definition) is 3. The first-order valence-corrected chi connectivity index (χ1v) is 10.7. The van der Waals surface area contributed by atoms with E-state index < -0.39 is 0 Å². The quantitative estimate of drug-likeness (QED) is 0.483. The number of aryl methyl sites for hydroxylation is 1. The summed E-state index contributed by atoms with van der Waals surface area (Å²) in [5.74, 6) is 0.308. The van der Waals surface area contributed by atoms with Crippen LogP contribution in [0.2, 0.25) is 0 Å². The van der Waals surface area contributed by atoms with Gasteiger partial charge >= 0.3 is 0 Å². The highest BCUT2D eigenvalue weighted by Gasteiger charge is 2.06. The van der Waals surface area contributed by atoms with E-state index in [1.165, 1.54) is 11.1 Å². The molecule has 1 aromatic heterocycles. The van der Waals surface area contributed by atoms with E-state index in [0.29, 0.717) is 18.2 Å². The molecule has 0 aliphatic heterocycles. The highest BCUT2D eigenvalue weighted by molar-refractivity contribution is 5.64. The van der Waals surface area contributed by atoms with Crippen molar-refractivity contribution < 1.29 is 0 Å². The van der Waals surface area contributed by atoms with E-state index in [-0.39, 0.29) is 0 Å². The molecule has 0 aliphatic carbocycles. The fourth-order valence-electron chi connectivity index (χ4n) is 3.35. The summed E-state index contributed by atoms with van der Waals surface area (Å²) in [6, 6.07) is 19.0. The topological polar surface area (TPSA) is 95.9 Å². The van der Waals surface area contributed by atoms with Gasteiger partial charge in [0.05, 0.1) is 11.4 Å². The summed E-state index contributed by atoms with van der Waals surface area (Å²) in [4.78, 5) is 0. The van der Waals surface area contributed by atoms with Crippen molar-refractivity contribution in [3.05, 3.63) is 101 Å². The Morgan fingerprint density at radius 3 is 2.16 bits per heavy atom. The molecule has 5 heteroatoms. The van der Waals surface area contributed by atoms with Gasteiger partial charge in [-0.3, -0.25) is 0 Å². The summed E-state index contributed by atoms with van der Waals surface area (Å²) in [7, 11) is 0. The second-order valence-electron chi connectivity index (χ2n) is 8.21. The maximum Gasteiger partial charge on any atom is 0.0648 e. The second kappa shape index (κ2) is 10.1. The van der Waals surface area contributed by atoms with Crippen LogP contribution in [-0.4, -0.2) is 16.3 Å². The summed E-state index contributed by atoms with van der Waals surface area (Å²) in [6.07, 6.45) is 5.42. The first kappa shape index (κ1) is 22.4. The van der Waals surface area contributed by atoms with E-state index in [1.54, 1.807) is 0 Å². The van der Waals surface area contributed by atoms with E-state index in [4.69, 9.17) is 17.2 Å². The molecule has 0 saturated carbocycles. The normalized spacial score (nSPS) is 12.5. The van der Waals surface area contributed by atoms with E-state index >= 15 is 0 Å². The lowest BCUT2D eigenvalue weighted by molar-refractivity contribution is 0.757. The van der Waals surface area contributed by atoms with E-state index in [0.717, 1.165) is 41.2 Å². The highest BCUT2D eigenvalue weighted by Crippen LogP contribution is 2.18. The molecule has 1 heterocycles. The molecule has 3 aromatic rings. The first-order chi connectivity index (χ1) is 14.9. The third-order valence-electron chi connectivity index (χ3n) is 5.34. The van der Waals surface area contributed by atoms with Gasteiger partial charge in [-0.2, -0.15) is 5.10 Å². The van der Waals surface area contributed by atoms with Crippen LogP contribution in [0, 0.1) is 12.8 Å². The third-order valence-corrected chi connectivity index (χ3v) is 5.34. The molecule has 2 aromatic carbocycles. The minimum absolute atomic E-state index is 0.308. The monoisotopic (exact) mass is 415 g/mol. The van der Waals surface area contributed by atoms with Gasteiger partial charge in [0.15, 0.2) is 0 Å². The molecule has 162 valence electrons. The first-order valence-electron chi connectivity index (χ1n) is 10.7. The number of rotatable bonds is 8. The van der Waals surface area contributed by atoms with Crippen LogP contribution in [0.4, 0.5) is 0 Å². The molecule has 0 unspecified atom stereocenters. The smallest absolute Gasteiger partial charge is 0.0648 e. The predicted octanol–water partition coefficient (Wildman–Crippen LogP) is 4.07. The third kappa shape index (κ3) is 5.86. The van der Waals surface area contributed by atoms with Crippen LogP contribution < -0.4 is 17.2 Å². The van der Waals surface area contributed by atoms with Gasteiger partial charge in [-0.25, -0.2) is 4.68 Å². The second-order valence-corrected chi connectivity index (χ2v) is 8.21. The molecule has 0 fully saturated rings. The van der Waals surface area contributed by atoms with Gasteiger partial charge in [-0.15, -0.1) is 0 Å². The van der Waals surface area contributed by atoms with Crippen LogP contribution in [0.3, 0.4) is 0 Å². The largest absolute Gasteiger partial charge is 0.402 e. The van der Waals surface area contributed by atoms with Crippen LogP contribution in [0.25, 0.3) is 11.4 Å². The Hall–Kier alpha value is -3.31. The molecule has 5 nitrogen and oxygen atoms in total. The zero-order chi connectivity index (χ0) is 22.4. The maximum atomic E-state index is 6.20. The van der Waals surface area contributed by atoms with Crippen molar-refractivity contribution in [1.29, 1.82) is 0 Å². The summed E-state index contributed by atoms with van der Waals surface area (Å²) in [5.41, 5.74) is 26.0. The van der Waals surface area contributed by atoms with Crippen LogP contribution in [0.15, 0.2) is 72.4 Å². The molecule has 0 spiro atoms. The lowest BCUT2D eigenvalue weighted by Gasteiger charge is -2.08. The molecular formula is C26H33N5. The molecule has 0 saturated heterocycles. The minimum atomic E-state index is 0.308. The number of nitrogens with two attached hydrogens (primary N) is 3. The molecule has 0 aliphatic rings. The Morgan fingerprint density at radius 2 is 1.58 bits per heavy atom. The Kier molecular flexibility index (Phi) is 7.32. The van der Waals surface area contributed by atoms with Gasteiger partial charge in [-0.1, -0.05) is 50.2 Å². The van der Waals surface area contributed by atoms with Gasteiger partial charge < -0.3 is 17.2 Å². The standard InChI is InChI=1S/C26H33N5/c1-18(2)25(28)12-13-26(29)22-8-4-20(5-9-22)17-21-6-10-24(11-7-21)31-19(3)16-23(30-31)14-15-27/h4-13,16,18H,14-15,17,27-29H2,1-3H3/b25-12-,26-13-. The molecule has 6 N–H and O–H groups in total. The van der Waals surface area contributed by atoms with E-state index in [9.17, 15) is 0 Å². The van der Waals surface area contributed by atoms with E-state index in [2.05, 4.69) is 80.5 Å². The number of allylic oxidation sites excluding steroid dienone is 3. The molecular weight excluding hydrogens is 382 g/mol. The Morgan fingerprint density at radius 1 is 0.968 bits per heavy atom. The zero-order valence-corrected chi connectivity index (χ0v) is 18.7. The average Bonchev–Trinajstić information content (AvgIpc) is 3.13. The van der Waals surface area contributed by atoms with Gasteiger partial charge in [-0.05, 0) is 72.8 Å². The summed E-state index contributed by atoms with van der Waals surface area (Å²) < 4.78 is 1.97. The minimum Gasteiger partial charge on any atom is -0.402 e. The van der Waals surface area contributed by atoms with Crippen molar-refractivity contribution >= 4 is 5.70 Å². The van der Waals surface area contributed by atoms with Crippen molar-refractivity contribution in [2.75, 3.05) is 6.54 Å². The molecule has 31 heavy (non-hydrogen) atoms. The lowest BCUT2D eigenvalue weighted by Crippen LogP contribution is -2.04. The zero-order valence-electron chi connectivity index (χ0n) is 18.7. The summed E-state index contributed by atoms with van der Waals surface area (Å²) in [5, 5.41) is 4.65. The predicted molar refractivity (Wildman–Crippen MR) is 130 cm³/mol. The van der Waals surface area contributed by atoms with Crippen molar-refractivity contribution in [1.82, 2.24) is 9.78 Å². The lowest BCUT2D eigenvalue weighted by atomic mass is 10.0. The SMILES string of the molecule is Cc1cc(CCN)nn1-c1ccc(Cc2ccc(/C(N)=C/C=C(\N)C(C)C)cc2)cc1. The van der Waals surface area contributed by atoms with Gasteiger partial charge in [0.25, 0.3) is 0 Å². The average molecular weight is 416 g/mol. The fraction of sp³-hybridized carbons (Fsp3) is 0.269. The van der Waals surface area contributed by atoms with Crippen molar-refractivity contribution in [2.45, 2.75) is 33.6 Å². The molecule has 3 rings (SSSR count). The van der Waals surface area contributed by atoms with Crippen LogP contribution >= 0.6 is 0 Å². The van der Waals surface area contributed by atoms with Crippen LogP contribution in [-0.2, 0) is 12.8 Å². The Balaban J connectivity index is 1.68. The van der Waals surface area contributed by atoms with Gasteiger partial charge in [0, 0.05) is 23.5 Å². The number of hydrogen-bond acceptors (Lipinski definition) is 4. The fourth-order valence-corrected chi connectivity index (χ4v) is 3.35. The molecule has 0 atom stereocenters. The van der Waals surface area contributed by atoms with Crippen molar-refractivity contribution in [2.24, 2.45) is 23.1 Å².